The highest BCUT2D eigenvalue weighted by atomic mass is 32.1. The highest BCUT2D eigenvalue weighted by molar-refractivity contribution is 7.26. The number of aromatic nitrogens is 1. The van der Waals surface area contributed by atoms with Crippen LogP contribution in [0.5, 0.6) is 0 Å². The molecular weight excluding hydrogens is 346 g/mol. The average molecular weight is 363 g/mol. The molecule has 4 aromatic carbocycles. The Balaban J connectivity index is 1.85. The molecule has 0 saturated heterocycles. The van der Waals surface area contributed by atoms with Gasteiger partial charge in [0.1, 0.15) is 0 Å². The van der Waals surface area contributed by atoms with Crippen LogP contribution in [0.2, 0.25) is 0 Å². The van der Waals surface area contributed by atoms with Gasteiger partial charge < -0.3 is 4.57 Å². The van der Waals surface area contributed by atoms with Crippen molar-refractivity contribution in [1.29, 1.82) is 0 Å². The first kappa shape index (κ1) is 15.0. The van der Waals surface area contributed by atoms with E-state index >= 15 is 0 Å². The lowest BCUT2D eigenvalue weighted by atomic mass is 10.1. The first-order valence-corrected chi connectivity index (χ1v) is 10.0. The Morgan fingerprint density at radius 3 is 2.22 bits per heavy atom. The number of aryl methyl sites for hydroxylation is 1. The van der Waals surface area contributed by atoms with E-state index < -0.39 is 0 Å². The Hall–Kier alpha value is -3.10. The predicted octanol–water partition coefficient (Wildman–Crippen LogP) is 7.46. The largest absolute Gasteiger partial charge is 0.309 e. The summed E-state index contributed by atoms with van der Waals surface area (Å²) in [6.07, 6.45) is 0. The van der Waals surface area contributed by atoms with Crippen LogP contribution in [-0.2, 0) is 0 Å². The van der Waals surface area contributed by atoms with Crippen LogP contribution in [0.3, 0.4) is 0 Å². The van der Waals surface area contributed by atoms with E-state index in [4.69, 9.17) is 0 Å². The van der Waals surface area contributed by atoms with Crippen LogP contribution < -0.4 is 0 Å². The maximum Gasteiger partial charge on any atom is 0.0555 e. The van der Waals surface area contributed by atoms with Crippen LogP contribution in [0.25, 0.3) is 47.7 Å². The Morgan fingerprint density at radius 2 is 1.37 bits per heavy atom. The molecule has 6 rings (SSSR count). The summed E-state index contributed by atoms with van der Waals surface area (Å²) in [7, 11) is 0. The van der Waals surface area contributed by atoms with Gasteiger partial charge in [0.15, 0.2) is 0 Å². The van der Waals surface area contributed by atoms with Gasteiger partial charge in [-0.3, -0.25) is 0 Å². The lowest BCUT2D eigenvalue weighted by Crippen LogP contribution is -1.93. The van der Waals surface area contributed by atoms with Gasteiger partial charge in [-0.1, -0.05) is 60.2 Å². The van der Waals surface area contributed by atoms with Gasteiger partial charge in [-0.2, -0.15) is 0 Å². The fourth-order valence-corrected chi connectivity index (χ4v) is 5.47. The molecule has 2 aromatic heterocycles. The standard InChI is InChI=1S/C25H17NS/c1-16-10-12-17(13-11-16)26-21-8-4-2-7-20(21)24-22(26)15-14-19-18-6-3-5-9-23(18)27-25(19)24/h2-15H,1H3. The second kappa shape index (κ2) is 5.45. The van der Waals surface area contributed by atoms with Crippen molar-refractivity contribution in [2.75, 3.05) is 0 Å². The molecule has 0 fully saturated rings. The molecule has 0 aliphatic carbocycles. The van der Waals surface area contributed by atoms with Gasteiger partial charge in [-0.05, 0) is 37.3 Å². The Morgan fingerprint density at radius 1 is 0.630 bits per heavy atom. The van der Waals surface area contributed by atoms with Gasteiger partial charge in [0.2, 0.25) is 0 Å². The molecule has 0 bridgehead atoms. The highest BCUT2D eigenvalue weighted by Crippen LogP contribution is 2.42. The van der Waals surface area contributed by atoms with Crippen molar-refractivity contribution in [3.05, 3.63) is 90.5 Å². The molecule has 0 N–H and O–H groups in total. The van der Waals surface area contributed by atoms with Crippen LogP contribution in [0, 0.1) is 6.92 Å². The third-order valence-corrected chi connectivity index (χ3v) is 6.68. The molecule has 0 amide bonds. The van der Waals surface area contributed by atoms with Crippen molar-refractivity contribution in [2.45, 2.75) is 6.92 Å². The van der Waals surface area contributed by atoms with Crippen LogP contribution in [0.1, 0.15) is 5.56 Å². The van der Waals surface area contributed by atoms with E-state index in [9.17, 15) is 0 Å². The van der Waals surface area contributed by atoms with Gasteiger partial charge in [0.25, 0.3) is 0 Å². The molecule has 128 valence electrons. The van der Waals surface area contributed by atoms with Crippen molar-refractivity contribution >= 4 is 53.3 Å². The van der Waals surface area contributed by atoms with Crippen LogP contribution in [0.15, 0.2) is 84.9 Å². The van der Waals surface area contributed by atoms with E-state index in [1.807, 2.05) is 11.3 Å². The van der Waals surface area contributed by atoms with E-state index in [1.165, 1.54) is 53.2 Å². The number of nitrogens with zero attached hydrogens (tertiary/aromatic N) is 1. The molecule has 0 unspecified atom stereocenters. The summed E-state index contributed by atoms with van der Waals surface area (Å²) < 4.78 is 5.14. The quantitative estimate of drug-likeness (QED) is 0.286. The number of para-hydroxylation sites is 1. The minimum atomic E-state index is 1.22. The summed E-state index contributed by atoms with van der Waals surface area (Å²) in [5, 5.41) is 5.40. The van der Waals surface area contributed by atoms with Gasteiger partial charge in [0, 0.05) is 36.6 Å². The summed E-state index contributed by atoms with van der Waals surface area (Å²) in [5.41, 5.74) is 5.04. The van der Waals surface area contributed by atoms with E-state index in [2.05, 4.69) is 96.4 Å². The molecular formula is C25H17NS. The third-order valence-electron chi connectivity index (χ3n) is 5.47. The van der Waals surface area contributed by atoms with Crippen LogP contribution >= 0.6 is 11.3 Å². The molecule has 0 atom stereocenters. The molecule has 0 aliphatic heterocycles. The van der Waals surface area contributed by atoms with E-state index in [1.54, 1.807) is 0 Å². The first-order chi connectivity index (χ1) is 13.3. The number of rotatable bonds is 1. The first-order valence-electron chi connectivity index (χ1n) is 9.22. The molecule has 2 heterocycles. The number of hydrogen-bond acceptors (Lipinski definition) is 1. The normalized spacial score (nSPS) is 11.9. The minimum absolute atomic E-state index is 1.22. The van der Waals surface area contributed by atoms with Crippen molar-refractivity contribution < 1.29 is 0 Å². The zero-order valence-corrected chi connectivity index (χ0v) is 15.8. The molecule has 6 aromatic rings. The van der Waals surface area contributed by atoms with Crippen molar-refractivity contribution in [3.63, 3.8) is 0 Å². The zero-order valence-electron chi connectivity index (χ0n) is 14.9. The van der Waals surface area contributed by atoms with Crippen LogP contribution in [0.4, 0.5) is 0 Å². The van der Waals surface area contributed by atoms with Crippen molar-refractivity contribution in [3.8, 4) is 5.69 Å². The topological polar surface area (TPSA) is 4.93 Å². The zero-order chi connectivity index (χ0) is 18.0. The molecule has 0 aliphatic rings. The maximum absolute atomic E-state index is 2.40. The van der Waals surface area contributed by atoms with E-state index in [0.717, 1.165) is 0 Å². The molecule has 0 spiro atoms. The number of thiophene rings is 1. The van der Waals surface area contributed by atoms with Crippen molar-refractivity contribution in [1.82, 2.24) is 4.57 Å². The SMILES string of the molecule is Cc1ccc(-n2c3ccccc3c3c4sc5ccccc5c4ccc32)cc1. The summed E-state index contributed by atoms with van der Waals surface area (Å²) in [5.74, 6) is 0. The van der Waals surface area contributed by atoms with E-state index in [0.29, 0.717) is 0 Å². The summed E-state index contributed by atoms with van der Waals surface area (Å²) >= 11 is 1.90. The number of fused-ring (bicyclic) bond motifs is 7. The lowest BCUT2D eigenvalue weighted by Gasteiger charge is -2.08. The third kappa shape index (κ3) is 2.05. The molecule has 2 heteroatoms. The average Bonchev–Trinajstić information content (AvgIpc) is 3.24. The Labute approximate surface area is 161 Å². The highest BCUT2D eigenvalue weighted by Gasteiger charge is 2.16. The lowest BCUT2D eigenvalue weighted by molar-refractivity contribution is 1.18. The summed E-state index contributed by atoms with van der Waals surface area (Å²) in [4.78, 5) is 0. The number of benzene rings is 4. The minimum Gasteiger partial charge on any atom is -0.309 e. The second-order valence-electron chi connectivity index (χ2n) is 7.12. The number of hydrogen-bond donors (Lipinski definition) is 0. The van der Waals surface area contributed by atoms with Crippen LogP contribution in [-0.4, -0.2) is 4.57 Å². The fourth-order valence-electron chi connectivity index (χ4n) is 4.21. The molecule has 1 nitrogen and oxygen atoms in total. The molecule has 27 heavy (non-hydrogen) atoms. The smallest absolute Gasteiger partial charge is 0.0555 e. The summed E-state index contributed by atoms with van der Waals surface area (Å²) in [6.45, 7) is 2.14. The van der Waals surface area contributed by atoms with Gasteiger partial charge in [-0.25, -0.2) is 0 Å². The molecule has 0 radical (unpaired) electrons. The molecule has 0 saturated carbocycles. The Kier molecular flexibility index (Phi) is 3.03. The fraction of sp³-hybridized carbons (Fsp3) is 0.0400. The summed E-state index contributed by atoms with van der Waals surface area (Å²) in [6, 6.07) is 30.9. The Bertz CT molecular complexity index is 1470. The van der Waals surface area contributed by atoms with Gasteiger partial charge >= 0.3 is 0 Å². The predicted molar refractivity (Wildman–Crippen MR) is 118 cm³/mol. The monoisotopic (exact) mass is 363 g/mol. The van der Waals surface area contributed by atoms with E-state index in [-0.39, 0.29) is 0 Å². The van der Waals surface area contributed by atoms with Gasteiger partial charge in [0.05, 0.1) is 11.0 Å². The maximum atomic E-state index is 2.40. The second-order valence-corrected chi connectivity index (χ2v) is 8.17. The van der Waals surface area contributed by atoms with Gasteiger partial charge in [-0.15, -0.1) is 11.3 Å². The van der Waals surface area contributed by atoms with Crippen molar-refractivity contribution in [2.24, 2.45) is 0 Å².